The van der Waals surface area contributed by atoms with Crippen LogP contribution in [0.2, 0.25) is 0 Å². The van der Waals surface area contributed by atoms with Gasteiger partial charge >= 0.3 is 0 Å². The van der Waals surface area contributed by atoms with E-state index in [-0.39, 0.29) is 11.7 Å². The molecule has 0 aliphatic heterocycles. The third-order valence-corrected chi connectivity index (χ3v) is 9.35. The summed E-state index contributed by atoms with van der Waals surface area (Å²) in [5.74, 6) is 3.27. The monoisotopic (exact) mass is 408 g/mol. The fourth-order valence-corrected chi connectivity index (χ4v) is 7.90. The third-order valence-electron chi connectivity index (χ3n) is 9.35. The van der Waals surface area contributed by atoms with Gasteiger partial charge in [-0.15, -0.1) is 0 Å². The predicted octanol–water partition coefficient (Wildman–Crippen LogP) is 5.52. The maximum Gasteiger partial charge on any atom is 0.106 e. The molecule has 0 amide bonds. The van der Waals surface area contributed by atoms with Crippen LogP contribution in [0.3, 0.4) is 0 Å². The van der Waals surface area contributed by atoms with Crippen molar-refractivity contribution in [2.45, 2.75) is 110 Å². The van der Waals surface area contributed by atoms with Crippen molar-refractivity contribution >= 4 is 0 Å². The van der Waals surface area contributed by atoms with E-state index in [0.717, 1.165) is 36.5 Å². The van der Waals surface area contributed by atoms with Crippen molar-refractivity contribution in [3.05, 3.63) is 0 Å². The molecule has 4 aliphatic rings. The molecule has 4 saturated carbocycles. The smallest absolute Gasteiger partial charge is 0.106 e. The Morgan fingerprint density at radius 3 is 2.34 bits per heavy atom. The highest BCUT2D eigenvalue weighted by molar-refractivity contribution is 5.09. The first-order valence-electron chi connectivity index (χ1n) is 12.2. The van der Waals surface area contributed by atoms with E-state index in [1.165, 1.54) is 44.9 Å². The van der Waals surface area contributed by atoms with E-state index in [9.17, 15) is 5.11 Å². The molecule has 0 unspecified atom stereocenters. The van der Waals surface area contributed by atoms with Crippen LogP contribution in [0.1, 0.15) is 92.4 Å². The first-order chi connectivity index (χ1) is 13.6. The first-order valence-corrected chi connectivity index (χ1v) is 12.2. The van der Waals surface area contributed by atoms with Crippen molar-refractivity contribution in [2.75, 3.05) is 13.2 Å². The molecule has 0 spiro atoms. The molecule has 4 aliphatic carbocycles. The zero-order chi connectivity index (χ0) is 20.9. The Kier molecular flexibility index (Phi) is 6.14. The van der Waals surface area contributed by atoms with E-state index in [1.54, 1.807) is 0 Å². The van der Waals surface area contributed by atoms with Crippen molar-refractivity contribution in [1.29, 1.82) is 0 Å². The number of ether oxygens (including phenoxy) is 1. The van der Waals surface area contributed by atoms with Gasteiger partial charge in [0.15, 0.2) is 0 Å². The number of hydrogen-bond acceptors (Lipinski definition) is 4. The van der Waals surface area contributed by atoms with Crippen LogP contribution < -0.4 is 0 Å². The van der Waals surface area contributed by atoms with Crippen LogP contribution in [0, 0.1) is 34.5 Å². The molecule has 1 N–H and O–H groups in total. The van der Waals surface area contributed by atoms with Crippen molar-refractivity contribution in [3.63, 3.8) is 0 Å². The largest absolute Gasteiger partial charge is 0.393 e. The maximum absolute atomic E-state index is 10.2. The topological polar surface area (TPSA) is 47.9 Å². The molecule has 0 heterocycles. The summed E-state index contributed by atoms with van der Waals surface area (Å²) in [5.41, 5.74) is 0.511. The van der Waals surface area contributed by atoms with Crippen molar-refractivity contribution in [3.8, 4) is 0 Å². The van der Waals surface area contributed by atoms with Gasteiger partial charge in [0, 0.05) is 0 Å². The van der Waals surface area contributed by atoms with E-state index in [0.29, 0.717) is 30.1 Å². The minimum atomic E-state index is -0.271. The molecule has 8 atom stereocenters. The fraction of sp³-hybridized carbons (Fsp3) is 1.00. The molecule has 4 rings (SSSR count). The summed E-state index contributed by atoms with van der Waals surface area (Å²) in [6, 6.07) is 0. The standard InChI is InChI=1S/C25H44O4/c1-23(2,3)29-28-15-14-27-22-9-8-20-19-7-6-17-16-18(26)10-12-24(17,4)21(19)11-13-25(20,22)5/h17-22,26H,6-16H2,1-5H3/t17-,18-,19-,20-,21-,22-,24-,25-/m0/s1. The zero-order valence-electron chi connectivity index (χ0n) is 19.4. The summed E-state index contributed by atoms with van der Waals surface area (Å²) in [4.78, 5) is 10.7. The van der Waals surface area contributed by atoms with E-state index in [2.05, 4.69) is 13.8 Å². The molecule has 0 aromatic rings. The Labute approximate surface area is 178 Å². The lowest BCUT2D eigenvalue weighted by Gasteiger charge is -2.60. The Morgan fingerprint density at radius 2 is 1.59 bits per heavy atom. The van der Waals surface area contributed by atoms with Crippen LogP contribution in [0.4, 0.5) is 0 Å². The highest BCUT2D eigenvalue weighted by Gasteiger charge is 2.60. The lowest BCUT2D eigenvalue weighted by molar-refractivity contribution is -0.352. The van der Waals surface area contributed by atoms with Gasteiger partial charge in [0.25, 0.3) is 0 Å². The molecular formula is C25H44O4. The second kappa shape index (κ2) is 8.07. The molecule has 0 aromatic carbocycles. The lowest BCUT2D eigenvalue weighted by atomic mass is 9.45. The second-order valence-corrected chi connectivity index (χ2v) is 12.1. The van der Waals surface area contributed by atoms with Gasteiger partial charge < -0.3 is 9.84 Å². The summed E-state index contributed by atoms with van der Waals surface area (Å²) in [6.07, 6.45) is 11.5. The summed E-state index contributed by atoms with van der Waals surface area (Å²) < 4.78 is 6.38. The van der Waals surface area contributed by atoms with Crippen LogP contribution in [0.5, 0.6) is 0 Å². The zero-order valence-corrected chi connectivity index (χ0v) is 19.4. The second-order valence-electron chi connectivity index (χ2n) is 12.1. The normalized spacial score (nSPS) is 47.4. The molecule has 0 bridgehead atoms. The Balaban J connectivity index is 1.36. The average molecular weight is 409 g/mol. The highest BCUT2D eigenvalue weighted by atomic mass is 17.2. The van der Waals surface area contributed by atoms with Gasteiger partial charge in [0.1, 0.15) is 6.61 Å². The summed E-state index contributed by atoms with van der Waals surface area (Å²) in [7, 11) is 0. The molecule has 0 saturated heterocycles. The molecular weight excluding hydrogens is 364 g/mol. The number of hydrogen-bond donors (Lipinski definition) is 1. The van der Waals surface area contributed by atoms with E-state index < -0.39 is 0 Å². The van der Waals surface area contributed by atoms with E-state index in [4.69, 9.17) is 14.5 Å². The molecule has 168 valence electrons. The number of rotatable bonds is 5. The molecule has 0 aromatic heterocycles. The van der Waals surface area contributed by atoms with E-state index in [1.807, 2.05) is 20.8 Å². The van der Waals surface area contributed by atoms with Crippen molar-refractivity contribution in [1.82, 2.24) is 0 Å². The SMILES string of the molecule is CC(C)(C)OOCCO[C@H]1CC[C@H]2[C@@H]3CC[C@H]4C[C@@H](O)CC[C@]4(C)[C@H]3CC[C@]12C. The van der Waals surface area contributed by atoms with Gasteiger partial charge in [-0.2, -0.15) is 0 Å². The van der Waals surface area contributed by atoms with Gasteiger partial charge in [-0.05, 0) is 113 Å². The number of aliphatic hydroxyl groups is 1. The van der Waals surface area contributed by atoms with Crippen molar-refractivity contribution in [2.24, 2.45) is 34.5 Å². The fourth-order valence-electron chi connectivity index (χ4n) is 7.90. The van der Waals surface area contributed by atoms with Crippen LogP contribution >= 0.6 is 0 Å². The van der Waals surface area contributed by atoms with Crippen LogP contribution in [0.25, 0.3) is 0 Å². The van der Waals surface area contributed by atoms with Gasteiger partial charge in [-0.1, -0.05) is 13.8 Å². The van der Waals surface area contributed by atoms with Crippen LogP contribution in [-0.4, -0.2) is 36.1 Å². The average Bonchev–Trinajstić information content (AvgIpc) is 2.98. The number of fused-ring (bicyclic) bond motifs is 5. The molecule has 29 heavy (non-hydrogen) atoms. The third kappa shape index (κ3) is 4.16. The Morgan fingerprint density at radius 1 is 0.862 bits per heavy atom. The molecule has 4 nitrogen and oxygen atoms in total. The molecule has 0 radical (unpaired) electrons. The minimum absolute atomic E-state index is 0.0489. The summed E-state index contributed by atoms with van der Waals surface area (Å²) in [6.45, 7) is 12.2. The quantitative estimate of drug-likeness (QED) is 0.369. The molecule has 4 fully saturated rings. The van der Waals surface area contributed by atoms with Gasteiger partial charge in [-0.3, -0.25) is 0 Å². The van der Waals surface area contributed by atoms with Crippen LogP contribution in [-0.2, 0) is 14.5 Å². The van der Waals surface area contributed by atoms with Gasteiger partial charge in [-0.25, -0.2) is 9.78 Å². The lowest BCUT2D eigenvalue weighted by Crippen LogP contribution is -2.54. The van der Waals surface area contributed by atoms with E-state index >= 15 is 0 Å². The maximum atomic E-state index is 10.2. The minimum Gasteiger partial charge on any atom is -0.393 e. The van der Waals surface area contributed by atoms with Crippen LogP contribution in [0.15, 0.2) is 0 Å². The van der Waals surface area contributed by atoms with Crippen molar-refractivity contribution < 1.29 is 19.6 Å². The molecule has 4 heteroatoms. The summed E-state index contributed by atoms with van der Waals surface area (Å²) >= 11 is 0. The Hall–Kier alpha value is -0.160. The highest BCUT2D eigenvalue weighted by Crippen LogP contribution is 2.66. The summed E-state index contributed by atoms with van der Waals surface area (Å²) in [5, 5.41) is 10.2. The number of aliphatic hydroxyl groups excluding tert-OH is 1. The predicted molar refractivity (Wildman–Crippen MR) is 114 cm³/mol. The van der Waals surface area contributed by atoms with Gasteiger partial charge in [0.2, 0.25) is 0 Å². The van der Waals surface area contributed by atoms with Gasteiger partial charge in [0.05, 0.1) is 24.4 Å². The first kappa shape index (κ1) is 22.0. The Bertz CT molecular complexity index is 572.